The zero-order valence-corrected chi connectivity index (χ0v) is 20.3. The van der Waals surface area contributed by atoms with Gasteiger partial charge in [-0.2, -0.15) is 0 Å². The highest BCUT2D eigenvalue weighted by atomic mass is 19.1. The lowest BCUT2D eigenvalue weighted by molar-refractivity contribution is -0.0668. The predicted molar refractivity (Wildman–Crippen MR) is 129 cm³/mol. The van der Waals surface area contributed by atoms with Crippen LogP contribution in [0.15, 0.2) is 48.2 Å². The number of allylic oxidation sites excluding steroid dienone is 2. The van der Waals surface area contributed by atoms with Crippen LogP contribution in [-0.2, 0) is 4.74 Å². The van der Waals surface area contributed by atoms with Crippen LogP contribution in [0.4, 0.5) is 4.39 Å². The molecule has 0 aliphatic carbocycles. The molecule has 1 N–H and O–H groups in total. The number of nitrogens with zero attached hydrogens (tertiary/aromatic N) is 1. The Kier molecular flexibility index (Phi) is 20.0. The second-order valence-electron chi connectivity index (χ2n) is 7.32. The standard InChI is InChI=1S/C14H27NO.C6H5NO2.C3H5F.C2H6/c1-5-13(3)12-14(4)8-10-15(6-2)9-7-11-16-14;8-4-5-1-2-6(9)7-3-5;1-2-3-4;1-2/h5,13H,1,6-12H2,2-4H3;1-4H,(H,7,9);2-3H,1H3;1-2H3/b;;3-2+;. The molecule has 1 aliphatic rings. The Morgan fingerprint density at radius 2 is 2.00 bits per heavy atom. The molecular weight excluding hydrogens is 395 g/mol. The maximum Gasteiger partial charge on any atom is 0.247 e. The van der Waals surface area contributed by atoms with Crippen molar-refractivity contribution in [2.45, 2.75) is 66.4 Å². The van der Waals surface area contributed by atoms with E-state index in [0.717, 1.165) is 39.0 Å². The minimum atomic E-state index is -0.194. The number of hydrogen-bond acceptors (Lipinski definition) is 4. The quantitative estimate of drug-likeness (QED) is 0.467. The molecule has 6 heteroatoms. The molecule has 0 amide bonds. The summed E-state index contributed by atoms with van der Waals surface area (Å²) in [6.07, 6.45) is 9.30. The molecule has 5 nitrogen and oxygen atoms in total. The molecule has 0 radical (unpaired) electrons. The zero-order valence-electron chi connectivity index (χ0n) is 20.3. The molecule has 0 aromatic carbocycles. The van der Waals surface area contributed by atoms with Gasteiger partial charge in [-0.25, -0.2) is 4.39 Å². The van der Waals surface area contributed by atoms with Gasteiger partial charge >= 0.3 is 0 Å². The molecule has 2 heterocycles. The van der Waals surface area contributed by atoms with Crippen molar-refractivity contribution >= 4 is 6.29 Å². The zero-order chi connectivity index (χ0) is 24.1. The van der Waals surface area contributed by atoms with E-state index in [0.29, 0.717) is 24.1 Å². The van der Waals surface area contributed by atoms with Gasteiger partial charge in [0.05, 0.1) is 11.9 Å². The van der Waals surface area contributed by atoms with Crippen LogP contribution < -0.4 is 5.56 Å². The molecule has 1 aliphatic heterocycles. The summed E-state index contributed by atoms with van der Waals surface area (Å²) in [5.74, 6) is 0.541. The monoisotopic (exact) mass is 438 g/mol. The third-order valence-electron chi connectivity index (χ3n) is 4.70. The van der Waals surface area contributed by atoms with Gasteiger partial charge in [0, 0.05) is 37.5 Å². The number of rotatable bonds is 5. The number of halogens is 1. The average Bonchev–Trinajstić information content (AvgIpc) is 2.79. The van der Waals surface area contributed by atoms with E-state index >= 15 is 0 Å². The number of aromatic nitrogens is 1. The third kappa shape index (κ3) is 16.3. The van der Waals surface area contributed by atoms with Crippen molar-refractivity contribution in [2.24, 2.45) is 5.92 Å². The summed E-state index contributed by atoms with van der Waals surface area (Å²) >= 11 is 0. The van der Waals surface area contributed by atoms with Crippen LogP contribution in [0.5, 0.6) is 0 Å². The average molecular weight is 439 g/mol. The lowest BCUT2D eigenvalue weighted by Crippen LogP contribution is -2.40. The molecule has 0 bridgehead atoms. The SMILES string of the molecule is C/C=C/F.C=CC(C)CC1(C)CCN(CC)CCCO1.CC.O=Cc1ccc(=O)[nH]c1. The first-order chi connectivity index (χ1) is 14.8. The molecule has 31 heavy (non-hydrogen) atoms. The second-order valence-corrected chi connectivity index (χ2v) is 7.32. The Morgan fingerprint density at radius 1 is 1.35 bits per heavy atom. The molecule has 0 spiro atoms. The van der Waals surface area contributed by atoms with E-state index in [-0.39, 0.29) is 11.2 Å². The van der Waals surface area contributed by atoms with Crippen LogP contribution in [0, 0.1) is 5.92 Å². The van der Waals surface area contributed by atoms with Gasteiger partial charge < -0.3 is 14.6 Å². The molecule has 0 saturated carbocycles. The highest BCUT2D eigenvalue weighted by Crippen LogP contribution is 2.27. The number of aromatic amines is 1. The highest BCUT2D eigenvalue weighted by molar-refractivity contribution is 5.73. The summed E-state index contributed by atoms with van der Waals surface area (Å²) in [5, 5.41) is 0. The second kappa shape index (κ2) is 19.9. The number of aldehydes is 1. The largest absolute Gasteiger partial charge is 0.375 e. The van der Waals surface area contributed by atoms with E-state index in [1.165, 1.54) is 31.0 Å². The Hall–Kier alpha value is -2.05. The molecule has 2 atom stereocenters. The van der Waals surface area contributed by atoms with Crippen LogP contribution in [0.3, 0.4) is 0 Å². The smallest absolute Gasteiger partial charge is 0.247 e. The predicted octanol–water partition coefficient (Wildman–Crippen LogP) is 5.79. The van der Waals surface area contributed by atoms with Crippen molar-refractivity contribution < 1.29 is 13.9 Å². The van der Waals surface area contributed by atoms with Crippen molar-refractivity contribution in [3.63, 3.8) is 0 Å². The third-order valence-corrected chi connectivity index (χ3v) is 4.70. The molecule has 1 saturated heterocycles. The summed E-state index contributed by atoms with van der Waals surface area (Å²) in [6.45, 7) is 20.6. The highest BCUT2D eigenvalue weighted by Gasteiger charge is 2.28. The van der Waals surface area contributed by atoms with E-state index in [1.54, 1.807) is 6.92 Å². The summed E-state index contributed by atoms with van der Waals surface area (Å²) < 4.78 is 16.6. The fourth-order valence-electron chi connectivity index (χ4n) is 2.92. The molecule has 1 fully saturated rings. The van der Waals surface area contributed by atoms with E-state index in [1.807, 2.05) is 19.9 Å². The lowest BCUT2D eigenvalue weighted by atomic mass is 9.89. The normalized spacial score (nSPS) is 19.7. The fourth-order valence-corrected chi connectivity index (χ4v) is 2.92. The van der Waals surface area contributed by atoms with Gasteiger partial charge in [0.1, 0.15) is 0 Å². The van der Waals surface area contributed by atoms with Crippen molar-refractivity contribution in [1.29, 1.82) is 0 Å². The summed E-state index contributed by atoms with van der Waals surface area (Å²) in [4.78, 5) is 25.3. The number of H-pyrrole nitrogens is 1. The number of carbonyl (C=O) groups excluding carboxylic acids is 1. The fraction of sp³-hybridized carbons (Fsp3) is 0.600. The molecule has 1 aromatic heterocycles. The van der Waals surface area contributed by atoms with Crippen LogP contribution in [-0.4, -0.2) is 48.0 Å². The number of carbonyl (C=O) groups is 1. The summed E-state index contributed by atoms with van der Waals surface area (Å²) in [7, 11) is 0. The van der Waals surface area contributed by atoms with E-state index < -0.39 is 0 Å². The molecular formula is C25H43FN2O3. The van der Waals surface area contributed by atoms with Gasteiger partial charge in [0.25, 0.3) is 0 Å². The molecule has 178 valence electrons. The van der Waals surface area contributed by atoms with E-state index in [9.17, 15) is 14.0 Å². The van der Waals surface area contributed by atoms with Gasteiger partial charge in [0.2, 0.25) is 5.56 Å². The Bertz CT molecular complexity index is 636. The molecule has 2 rings (SSSR count). The van der Waals surface area contributed by atoms with E-state index in [4.69, 9.17) is 4.74 Å². The number of pyridine rings is 1. The summed E-state index contributed by atoms with van der Waals surface area (Å²) in [6, 6.07) is 2.77. The number of hydrogen-bond donors (Lipinski definition) is 1. The molecule has 1 aromatic rings. The van der Waals surface area contributed by atoms with Crippen LogP contribution in [0.25, 0.3) is 0 Å². The number of nitrogens with one attached hydrogen (secondary N) is 1. The minimum Gasteiger partial charge on any atom is -0.375 e. The van der Waals surface area contributed by atoms with Crippen molar-refractivity contribution in [2.75, 3.05) is 26.2 Å². The van der Waals surface area contributed by atoms with Gasteiger partial charge in [-0.05, 0) is 51.6 Å². The first kappa shape index (κ1) is 31.1. The van der Waals surface area contributed by atoms with Gasteiger partial charge in [-0.15, -0.1) is 6.58 Å². The van der Waals surface area contributed by atoms with Crippen molar-refractivity contribution in [3.8, 4) is 0 Å². The van der Waals surface area contributed by atoms with Gasteiger partial charge in [-0.1, -0.05) is 39.8 Å². The molecule has 2 unspecified atom stereocenters. The Balaban J connectivity index is 0. The van der Waals surface area contributed by atoms with E-state index in [2.05, 4.69) is 37.2 Å². The minimum absolute atomic E-state index is 0.0431. The van der Waals surface area contributed by atoms with Crippen molar-refractivity contribution in [3.05, 3.63) is 59.3 Å². The first-order valence-corrected chi connectivity index (χ1v) is 11.2. The maximum atomic E-state index is 10.5. The Morgan fingerprint density at radius 3 is 2.45 bits per heavy atom. The number of ether oxygens (including phenoxy) is 1. The van der Waals surface area contributed by atoms with Crippen LogP contribution in [0.2, 0.25) is 0 Å². The van der Waals surface area contributed by atoms with Gasteiger partial charge in [0.15, 0.2) is 6.29 Å². The summed E-state index contributed by atoms with van der Waals surface area (Å²) in [5.41, 5.74) is 0.330. The first-order valence-electron chi connectivity index (χ1n) is 11.2. The lowest BCUT2D eigenvalue weighted by Gasteiger charge is -2.36. The van der Waals surface area contributed by atoms with Gasteiger partial charge in [-0.3, -0.25) is 9.59 Å². The van der Waals surface area contributed by atoms with Crippen LogP contribution >= 0.6 is 0 Å². The maximum absolute atomic E-state index is 10.5. The topological polar surface area (TPSA) is 62.4 Å². The Labute approximate surface area is 188 Å². The van der Waals surface area contributed by atoms with Crippen molar-refractivity contribution in [1.82, 2.24) is 9.88 Å². The van der Waals surface area contributed by atoms with Crippen LogP contribution in [0.1, 0.15) is 71.2 Å².